The molecule has 0 aromatic carbocycles. The van der Waals surface area contributed by atoms with Gasteiger partial charge in [0.2, 0.25) is 5.91 Å². The number of hydrogen-bond donors (Lipinski definition) is 3. The minimum Gasteiger partial charge on any atom is -0.348 e. The molecule has 1 heterocycles. The molecule has 2 rings (SSSR count). The van der Waals surface area contributed by atoms with Gasteiger partial charge >= 0.3 is 0 Å². The highest BCUT2D eigenvalue weighted by Crippen LogP contribution is 2.37. The van der Waals surface area contributed by atoms with Gasteiger partial charge in [-0.25, -0.2) is 4.39 Å². The highest BCUT2D eigenvalue weighted by atomic mass is 19.1. The summed E-state index contributed by atoms with van der Waals surface area (Å²) in [6.07, 6.45) is 11.6. The Morgan fingerprint density at radius 3 is 2.35 bits per heavy atom. The number of carbonyl (C=O) groups excluding carboxylic acids is 2. The number of allylic oxidation sites excluding steroid dienone is 4. The molecule has 6 nitrogen and oxygen atoms in total. The highest BCUT2D eigenvalue weighted by molar-refractivity contribution is 6.39. The van der Waals surface area contributed by atoms with Gasteiger partial charge in [-0.2, -0.15) is 5.10 Å². The van der Waals surface area contributed by atoms with Crippen molar-refractivity contribution < 1.29 is 14.0 Å². The number of carbonyl (C=O) groups is 2. The molecule has 3 N–H and O–H groups in total. The zero-order chi connectivity index (χ0) is 23.4. The lowest BCUT2D eigenvalue weighted by molar-refractivity contribution is -0.119. The molecule has 31 heavy (non-hydrogen) atoms. The first kappa shape index (κ1) is 26.6. The van der Waals surface area contributed by atoms with E-state index in [9.17, 15) is 14.0 Å². The summed E-state index contributed by atoms with van der Waals surface area (Å²) in [5, 5.41) is 10.0. The van der Waals surface area contributed by atoms with Gasteiger partial charge in [0.15, 0.2) is 0 Å². The number of nitrogens with one attached hydrogen (secondary N) is 3. The molecule has 1 fully saturated rings. The van der Waals surface area contributed by atoms with Crippen LogP contribution in [0.25, 0.3) is 0 Å². The van der Waals surface area contributed by atoms with Crippen LogP contribution in [-0.2, 0) is 9.59 Å². The van der Waals surface area contributed by atoms with E-state index in [1.54, 1.807) is 19.2 Å². The molecule has 7 heteroatoms. The molecular weight excluding hydrogens is 395 g/mol. The lowest BCUT2D eigenvalue weighted by Crippen LogP contribution is -2.44. The van der Waals surface area contributed by atoms with Crippen molar-refractivity contribution in [3.63, 3.8) is 0 Å². The van der Waals surface area contributed by atoms with Crippen LogP contribution in [0.2, 0.25) is 0 Å². The van der Waals surface area contributed by atoms with E-state index in [-0.39, 0.29) is 23.7 Å². The van der Waals surface area contributed by atoms with Crippen molar-refractivity contribution in [3.8, 4) is 0 Å². The molecule has 0 saturated heterocycles. The van der Waals surface area contributed by atoms with Crippen LogP contribution >= 0.6 is 0 Å². The average Bonchev–Trinajstić information content (AvgIpc) is 2.72. The van der Waals surface area contributed by atoms with Gasteiger partial charge in [0.1, 0.15) is 5.71 Å². The molecule has 2 amide bonds. The Morgan fingerprint density at radius 2 is 1.84 bits per heavy atom. The van der Waals surface area contributed by atoms with E-state index >= 15 is 0 Å². The van der Waals surface area contributed by atoms with Gasteiger partial charge in [-0.15, -0.1) is 0 Å². The fraction of sp³-hybridized carbons (Fsp3) is 0.625. The van der Waals surface area contributed by atoms with Crippen molar-refractivity contribution in [1.82, 2.24) is 16.1 Å². The van der Waals surface area contributed by atoms with Crippen LogP contribution in [0.4, 0.5) is 4.39 Å². The fourth-order valence-electron chi connectivity index (χ4n) is 3.50. The summed E-state index contributed by atoms with van der Waals surface area (Å²) in [6.45, 7) is 11.8. The van der Waals surface area contributed by atoms with Crippen LogP contribution in [0.15, 0.2) is 41.1 Å². The lowest BCUT2D eigenvalue weighted by Gasteiger charge is -2.37. The smallest absolute Gasteiger partial charge is 0.268 e. The molecule has 1 aliphatic carbocycles. The zero-order valence-electron chi connectivity index (χ0n) is 19.8. The largest absolute Gasteiger partial charge is 0.348 e. The fourth-order valence-corrected chi connectivity index (χ4v) is 3.50. The summed E-state index contributed by atoms with van der Waals surface area (Å²) in [5.41, 5.74) is 4.13. The summed E-state index contributed by atoms with van der Waals surface area (Å²) in [7, 11) is 0. The van der Waals surface area contributed by atoms with Crippen LogP contribution < -0.4 is 16.1 Å². The standard InChI is InChI=1S/C20H32N4O2.C4H7F/c1-5-6-7-18(25)22-16-12-17(24-21-13-16)19(26)23-15-10-8-14(9-11-15)20(2,3)4;1-3-4(2)5/h5-6,13-15,21H,7-12H2,1-4H3,(H,22,25)(H,23,26);3H,1-2H3/b6-5-;4-3+. The van der Waals surface area contributed by atoms with Crippen LogP contribution in [0, 0.1) is 11.3 Å². The normalized spacial score (nSPS) is 21.8. The minimum absolute atomic E-state index is 0.0988. The van der Waals surface area contributed by atoms with E-state index in [1.165, 1.54) is 13.0 Å². The Morgan fingerprint density at radius 1 is 1.23 bits per heavy atom. The third-order valence-electron chi connectivity index (χ3n) is 5.58. The van der Waals surface area contributed by atoms with E-state index in [0.29, 0.717) is 35.6 Å². The predicted octanol–water partition coefficient (Wildman–Crippen LogP) is 4.86. The van der Waals surface area contributed by atoms with Crippen molar-refractivity contribution >= 4 is 17.5 Å². The van der Waals surface area contributed by atoms with E-state index in [2.05, 4.69) is 41.9 Å². The van der Waals surface area contributed by atoms with Crippen molar-refractivity contribution in [2.75, 3.05) is 0 Å². The quantitative estimate of drug-likeness (QED) is 0.541. The summed E-state index contributed by atoms with van der Waals surface area (Å²) in [5.74, 6) is 0.347. The zero-order valence-corrected chi connectivity index (χ0v) is 19.8. The van der Waals surface area contributed by atoms with Crippen LogP contribution in [-0.4, -0.2) is 23.6 Å². The Bertz CT molecular complexity index is 720. The molecule has 1 aliphatic heterocycles. The number of hydrazone groups is 1. The summed E-state index contributed by atoms with van der Waals surface area (Å²) < 4.78 is 11.3. The lowest BCUT2D eigenvalue weighted by atomic mass is 9.71. The molecule has 0 radical (unpaired) electrons. The first-order valence-corrected chi connectivity index (χ1v) is 11.1. The average molecular weight is 435 g/mol. The molecule has 0 aromatic rings. The van der Waals surface area contributed by atoms with Crippen molar-refractivity contribution in [2.45, 2.75) is 86.1 Å². The molecule has 0 aromatic heterocycles. The summed E-state index contributed by atoms with van der Waals surface area (Å²) >= 11 is 0. The first-order valence-electron chi connectivity index (χ1n) is 11.1. The third kappa shape index (κ3) is 10.4. The number of rotatable bonds is 5. The van der Waals surface area contributed by atoms with Crippen molar-refractivity contribution in [2.24, 2.45) is 16.4 Å². The van der Waals surface area contributed by atoms with Gasteiger partial charge < -0.3 is 10.6 Å². The Labute approximate surface area is 186 Å². The number of nitrogens with zero attached hydrogens (tertiary/aromatic N) is 1. The van der Waals surface area contributed by atoms with E-state index < -0.39 is 0 Å². The molecule has 0 atom stereocenters. The predicted molar refractivity (Wildman–Crippen MR) is 125 cm³/mol. The van der Waals surface area contributed by atoms with Gasteiger partial charge in [-0.1, -0.05) is 39.0 Å². The molecular formula is C24H39FN4O2. The second-order valence-corrected chi connectivity index (χ2v) is 9.12. The maximum atomic E-state index is 12.5. The summed E-state index contributed by atoms with van der Waals surface area (Å²) in [6, 6.07) is 0.211. The van der Waals surface area contributed by atoms with Gasteiger partial charge in [-0.3, -0.25) is 15.0 Å². The van der Waals surface area contributed by atoms with Crippen molar-refractivity contribution in [3.05, 3.63) is 36.0 Å². The van der Waals surface area contributed by atoms with Gasteiger partial charge in [0, 0.05) is 30.8 Å². The Hall–Kier alpha value is -2.44. The number of amides is 2. The summed E-state index contributed by atoms with van der Waals surface area (Å²) in [4.78, 5) is 24.3. The molecule has 0 unspecified atom stereocenters. The molecule has 0 spiro atoms. The second kappa shape index (κ2) is 13.1. The van der Waals surface area contributed by atoms with E-state index in [0.717, 1.165) is 25.7 Å². The van der Waals surface area contributed by atoms with Crippen LogP contribution in [0.5, 0.6) is 0 Å². The number of hydrogen-bond acceptors (Lipinski definition) is 4. The number of halogens is 1. The third-order valence-corrected chi connectivity index (χ3v) is 5.58. The minimum atomic E-state index is -0.148. The van der Waals surface area contributed by atoms with E-state index in [1.807, 2.05) is 13.0 Å². The monoisotopic (exact) mass is 434 g/mol. The molecule has 1 saturated carbocycles. The van der Waals surface area contributed by atoms with Crippen LogP contribution in [0.3, 0.4) is 0 Å². The van der Waals surface area contributed by atoms with Gasteiger partial charge in [0.25, 0.3) is 5.91 Å². The van der Waals surface area contributed by atoms with Crippen LogP contribution in [0.1, 0.15) is 80.1 Å². The second-order valence-electron chi connectivity index (χ2n) is 9.12. The SMILES string of the molecule is C/C=C(\C)F.C/C=C\CC(=O)NC1=CNN=C(C(=O)NC2CCC(C(C)(C)C)CC2)C1. The highest BCUT2D eigenvalue weighted by Gasteiger charge is 2.31. The Kier molecular flexibility index (Phi) is 11.2. The Balaban J connectivity index is 0.000000861. The maximum absolute atomic E-state index is 12.5. The topological polar surface area (TPSA) is 82.6 Å². The molecule has 174 valence electrons. The maximum Gasteiger partial charge on any atom is 0.268 e. The first-order chi connectivity index (χ1) is 14.6. The molecule has 0 bridgehead atoms. The van der Waals surface area contributed by atoms with Gasteiger partial charge in [0.05, 0.1) is 5.83 Å². The van der Waals surface area contributed by atoms with Gasteiger partial charge in [-0.05, 0) is 57.8 Å². The van der Waals surface area contributed by atoms with Crippen molar-refractivity contribution in [1.29, 1.82) is 0 Å². The molecule has 2 aliphatic rings. The van der Waals surface area contributed by atoms with E-state index in [4.69, 9.17) is 0 Å².